The second-order valence-electron chi connectivity index (χ2n) is 6.21. The topological polar surface area (TPSA) is 43.1 Å². The zero-order valence-electron chi connectivity index (χ0n) is 13.2. The second-order valence-corrected chi connectivity index (χ2v) is 7.70. The van der Waals surface area contributed by atoms with Gasteiger partial charge in [0.1, 0.15) is 16.5 Å². The summed E-state index contributed by atoms with van der Waals surface area (Å²) in [6.45, 7) is 1.96. The van der Waals surface area contributed by atoms with Crippen molar-refractivity contribution in [1.82, 2.24) is 19.6 Å². The van der Waals surface area contributed by atoms with Gasteiger partial charge in [-0.3, -0.25) is 4.40 Å². The van der Waals surface area contributed by atoms with Gasteiger partial charge in [-0.1, -0.05) is 23.7 Å². The van der Waals surface area contributed by atoms with E-state index in [2.05, 4.69) is 10.2 Å². The maximum Gasteiger partial charge on any atom is 0.173 e. The normalized spacial score (nSPS) is 14.4. The Balaban J connectivity index is 1.94. The predicted octanol–water partition coefficient (Wildman–Crippen LogP) is 4.85. The van der Waals surface area contributed by atoms with E-state index in [1.165, 1.54) is 28.7 Å². The maximum absolute atomic E-state index is 6.44. The highest BCUT2D eigenvalue weighted by Crippen LogP contribution is 2.39. The van der Waals surface area contributed by atoms with Gasteiger partial charge in [-0.05, 0) is 50.3 Å². The van der Waals surface area contributed by atoms with Crippen molar-refractivity contribution in [1.29, 1.82) is 0 Å². The summed E-state index contributed by atoms with van der Waals surface area (Å²) >= 11 is 8.24. The Morgan fingerprint density at radius 1 is 1.12 bits per heavy atom. The lowest BCUT2D eigenvalue weighted by Crippen LogP contribution is -2.01. The average molecular weight is 355 g/mol. The van der Waals surface area contributed by atoms with Gasteiger partial charge in [-0.15, -0.1) is 21.5 Å². The smallest absolute Gasteiger partial charge is 0.173 e. The molecule has 0 atom stereocenters. The van der Waals surface area contributed by atoms with Crippen LogP contribution in [0.2, 0.25) is 5.02 Å². The molecule has 3 aromatic heterocycles. The van der Waals surface area contributed by atoms with Gasteiger partial charge in [0.15, 0.2) is 5.65 Å². The van der Waals surface area contributed by atoms with Gasteiger partial charge >= 0.3 is 0 Å². The van der Waals surface area contributed by atoms with Gasteiger partial charge in [-0.2, -0.15) is 0 Å². The molecule has 120 valence electrons. The Bertz CT molecular complexity index is 1100. The zero-order chi connectivity index (χ0) is 16.3. The van der Waals surface area contributed by atoms with E-state index in [4.69, 9.17) is 16.6 Å². The summed E-state index contributed by atoms with van der Waals surface area (Å²) in [5.41, 5.74) is 3.25. The third kappa shape index (κ3) is 1.95. The first-order valence-corrected chi connectivity index (χ1v) is 9.34. The van der Waals surface area contributed by atoms with Crippen LogP contribution in [0.3, 0.4) is 0 Å². The van der Waals surface area contributed by atoms with E-state index >= 15 is 0 Å². The Labute approximate surface area is 148 Å². The van der Waals surface area contributed by atoms with Crippen molar-refractivity contribution in [3.05, 3.63) is 45.6 Å². The van der Waals surface area contributed by atoms with Crippen molar-refractivity contribution >= 4 is 38.8 Å². The standard InChI is InChI=1S/C18H15ClN4S/c1-10-21-22-17-15-12-7-3-5-9-14(12)24-18(15)20-16(23(10)17)11-6-2-4-8-13(11)19/h2,4,6,8H,3,5,7,9H2,1H3. The molecule has 1 aliphatic rings. The van der Waals surface area contributed by atoms with E-state index in [1.54, 1.807) is 11.3 Å². The first-order chi connectivity index (χ1) is 11.7. The Kier molecular flexibility index (Phi) is 3.15. The molecule has 24 heavy (non-hydrogen) atoms. The lowest BCUT2D eigenvalue weighted by atomic mass is 9.97. The summed E-state index contributed by atoms with van der Waals surface area (Å²) in [7, 11) is 0. The molecule has 4 nitrogen and oxygen atoms in total. The number of halogens is 1. The minimum atomic E-state index is 0.695. The van der Waals surface area contributed by atoms with Gasteiger partial charge < -0.3 is 0 Å². The Morgan fingerprint density at radius 3 is 2.83 bits per heavy atom. The molecule has 6 heteroatoms. The van der Waals surface area contributed by atoms with Crippen LogP contribution in [0, 0.1) is 6.92 Å². The highest BCUT2D eigenvalue weighted by Gasteiger charge is 2.23. The molecule has 0 spiro atoms. The van der Waals surface area contributed by atoms with E-state index in [-0.39, 0.29) is 0 Å². The van der Waals surface area contributed by atoms with Crippen LogP contribution < -0.4 is 0 Å². The molecule has 0 saturated carbocycles. The van der Waals surface area contributed by atoms with Gasteiger partial charge in [0.2, 0.25) is 0 Å². The largest absolute Gasteiger partial charge is 0.262 e. The number of rotatable bonds is 1. The van der Waals surface area contributed by atoms with Crippen molar-refractivity contribution in [2.45, 2.75) is 32.6 Å². The van der Waals surface area contributed by atoms with E-state index in [0.717, 1.165) is 40.5 Å². The molecular formula is C18H15ClN4S. The van der Waals surface area contributed by atoms with Crippen molar-refractivity contribution < 1.29 is 0 Å². The van der Waals surface area contributed by atoms with Crippen LogP contribution in [0.15, 0.2) is 24.3 Å². The quantitative estimate of drug-likeness (QED) is 0.491. The van der Waals surface area contributed by atoms with Crippen molar-refractivity contribution in [2.24, 2.45) is 0 Å². The molecule has 5 rings (SSSR count). The fourth-order valence-electron chi connectivity index (χ4n) is 3.61. The molecule has 3 heterocycles. The van der Waals surface area contributed by atoms with Crippen LogP contribution in [0.4, 0.5) is 0 Å². The van der Waals surface area contributed by atoms with Crippen LogP contribution in [-0.2, 0) is 12.8 Å². The minimum Gasteiger partial charge on any atom is -0.262 e. The van der Waals surface area contributed by atoms with Crippen LogP contribution in [0.1, 0.15) is 29.1 Å². The van der Waals surface area contributed by atoms with Crippen molar-refractivity contribution in [3.8, 4) is 11.4 Å². The molecule has 0 unspecified atom stereocenters. The fourth-order valence-corrected chi connectivity index (χ4v) is 5.08. The monoisotopic (exact) mass is 354 g/mol. The predicted molar refractivity (Wildman–Crippen MR) is 98.0 cm³/mol. The fraction of sp³-hybridized carbons (Fsp3) is 0.278. The summed E-state index contributed by atoms with van der Waals surface area (Å²) in [5.74, 6) is 1.66. The highest BCUT2D eigenvalue weighted by atomic mass is 35.5. The summed E-state index contributed by atoms with van der Waals surface area (Å²) in [6, 6.07) is 7.82. The van der Waals surface area contributed by atoms with Crippen LogP contribution in [0.25, 0.3) is 27.3 Å². The summed E-state index contributed by atoms with van der Waals surface area (Å²) in [5, 5.41) is 10.7. The first-order valence-electron chi connectivity index (χ1n) is 8.15. The minimum absolute atomic E-state index is 0.695. The molecule has 0 aliphatic heterocycles. The lowest BCUT2D eigenvalue weighted by Gasteiger charge is -2.11. The summed E-state index contributed by atoms with van der Waals surface area (Å²) in [6.07, 6.45) is 4.77. The van der Waals surface area contributed by atoms with E-state index in [0.29, 0.717) is 5.02 Å². The third-order valence-electron chi connectivity index (χ3n) is 4.74. The van der Waals surface area contributed by atoms with Gasteiger partial charge in [-0.25, -0.2) is 4.98 Å². The van der Waals surface area contributed by atoms with Crippen LogP contribution >= 0.6 is 22.9 Å². The van der Waals surface area contributed by atoms with E-state index < -0.39 is 0 Å². The molecule has 0 amide bonds. The number of fused-ring (bicyclic) bond motifs is 5. The molecule has 4 aromatic rings. The molecule has 0 saturated heterocycles. The number of thiophene rings is 1. The van der Waals surface area contributed by atoms with Crippen LogP contribution in [-0.4, -0.2) is 19.6 Å². The molecule has 0 fully saturated rings. The number of aromatic nitrogens is 4. The first kappa shape index (κ1) is 14.4. The SMILES string of the molecule is Cc1nnc2c3c4c(sc3nc(-c3ccccc3Cl)n12)CCCC4. The third-order valence-corrected chi connectivity index (χ3v) is 6.25. The summed E-state index contributed by atoms with van der Waals surface area (Å²) < 4.78 is 2.05. The molecule has 0 radical (unpaired) electrons. The van der Waals surface area contributed by atoms with Gasteiger partial charge in [0, 0.05) is 10.4 Å². The second kappa shape index (κ2) is 5.26. The number of hydrogen-bond donors (Lipinski definition) is 0. The maximum atomic E-state index is 6.44. The molecular weight excluding hydrogens is 340 g/mol. The van der Waals surface area contributed by atoms with E-state index in [9.17, 15) is 0 Å². The molecule has 1 aromatic carbocycles. The Morgan fingerprint density at radius 2 is 1.96 bits per heavy atom. The number of nitrogens with zero attached hydrogens (tertiary/aromatic N) is 4. The van der Waals surface area contributed by atoms with E-state index in [1.807, 2.05) is 35.6 Å². The number of benzene rings is 1. The number of hydrogen-bond acceptors (Lipinski definition) is 4. The lowest BCUT2D eigenvalue weighted by molar-refractivity contribution is 0.700. The molecule has 0 bridgehead atoms. The molecule has 0 N–H and O–H groups in total. The Hall–Kier alpha value is -1.98. The highest BCUT2D eigenvalue weighted by molar-refractivity contribution is 7.19. The zero-order valence-corrected chi connectivity index (χ0v) is 14.8. The van der Waals surface area contributed by atoms with Gasteiger partial charge in [0.25, 0.3) is 0 Å². The van der Waals surface area contributed by atoms with Crippen molar-refractivity contribution in [2.75, 3.05) is 0 Å². The number of aryl methyl sites for hydroxylation is 3. The molecule has 1 aliphatic carbocycles. The van der Waals surface area contributed by atoms with Crippen LogP contribution in [0.5, 0.6) is 0 Å². The summed E-state index contributed by atoms with van der Waals surface area (Å²) in [4.78, 5) is 7.50. The van der Waals surface area contributed by atoms with Crippen molar-refractivity contribution in [3.63, 3.8) is 0 Å². The average Bonchev–Trinajstić information content (AvgIpc) is 3.15. The van der Waals surface area contributed by atoms with Gasteiger partial charge in [0.05, 0.1) is 10.4 Å².